The van der Waals surface area contributed by atoms with Crippen molar-refractivity contribution in [1.29, 1.82) is 0 Å². The van der Waals surface area contributed by atoms with Crippen molar-refractivity contribution >= 4 is 38.8 Å². The van der Waals surface area contributed by atoms with E-state index in [1.807, 2.05) is 0 Å². The Morgan fingerprint density at radius 1 is 0.575 bits per heavy atom. The highest BCUT2D eigenvalue weighted by Crippen LogP contribution is 2.44. The summed E-state index contributed by atoms with van der Waals surface area (Å²) in [7, 11) is 0. The highest BCUT2D eigenvalue weighted by molar-refractivity contribution is 6.19. The third kappa shape index (κ3) is 3.82. The van der Waals surface area contributed by atoms with E-state index >= 15 is 0 Å². The molecule has 8 rings (SSSR count). The lowest BCUT2D eigenvalue weighted by atomic mass is 9.79. The van der Waals surface area contributed by atoms with Gasteiger partial charge in [-0.2, -0.15) is 0 Å². The Labute approximate surface area is 236 Å². The van der Waals surface area contributed by atoms with Crippen LogP contribution in [0.1, 0.15) is 43.2 Å². The van der Waals surface area contributed by atoms with Crippen molar-refractivity contribution in [3.8, 4) is 11.1 Å². The molecule has 0 nitrogen and oxygen atoms in total. The van der Waals surface area contributed by atoms with Crippen LogP contribution in [0, 0.1) is 5.92 Å². The Morgan fingerprint density at radius 3 is 1.98 bits per heavy atom. The van der Waals surface area contributed by atoms with Gasteiger partial charge in [0.05, 0.1) is 0 Å². The van der Waals surface area contributed by atoms with Crippen molar-refractivity contribution in [2.24, 2.45) is 5.92 Å². The second kappa shape index (κ2) is 9.65. The van der Waals surface area contributed by atoms with E-state index in [1.165, 1.54) is 90.2 Å². The highest BCUT2D eigenvalue weighted by atomic mass is 14.3. The van der Waals surface area contributed by atoms with Crippen molar-refractivity contribution in [2.45, 2.75) is 32.1 Å². The van der Waals surface area contributed by atoms with Crippen molar-refractivity contribution < 1.29 is 0 Å². The molecule has 0 aromatic heterocycles. The SMILES string of the molecule is C1=CC2CCCC=C2C=C1c1c2ccccc2c(-c2ccc(C3=c4ccccc4=CCC3)cc2)c2ccccc12. The summed E-state index contributed by atoms with van der Waals surface area (Å²) in [6.45, 7) is 0. The fourth-order valence-electron chi connectivity index (χ4n) is 7.25. The van der Waals surface area contributed by atoms with E-state index in [2.05, 4.69) is 127 Å². The topological polar surface area (TPSA) is 0 Å². The summed E-state index contributed by atoms with van der Waals surface area (Å²) in [5.41, 5.74) is 9.60. The van der Waals surface area contributed by atoms with E-state index in [4.69, 9.17) is 0 Å². The molecule has 0 aliphatic heterocycles. The Bertz CT molecular complexity index is 1950. The summed E-state index contributed by atoms with van der Waals surface area (Å²) in [4.78, 5) is 0. The summed E-state index contributed by atoms with van der Waals surface area (Å²) >= 11 is 0. The lowest BCUT2D eigenvalue weighted by Gasteiger charge is -2.25. The molecule has 192 valence electrons. The molecule has 0 N–H and O–H groups in total. The molecule has 0 fully saturated rings. The fraction of sp³-hybridized carbons (Fsp3) is 0.150. The molecule has 3 aliphatic carbocycles. The first-order chi connectivity index (χ1) is 19.8. The van der Waals surface area contributed by atoms with Crippen LogP contribution in [0.4, 0.5) is 0 Å². The van der Waals surface area contributed by atoms with E-state index < -0.39 is 0 Å². The average Bonchev–Trinajstić information content (AvgIpc) is 3.03. The van der Waals surface area contributed by atoms with E-state index in [0.717, 1.165) is 12.8 Å². The van der Waals surface area contributed by atoms with Crippen LogP contribution in [0.2, 0.25) is 0 Å². The summed E-state index contributed by atoms with van der Waals surface area (Å²) in [6, 6.07) is 36.2. The normalized spacial score (nSPS) is 18.1. The maximum absolute atomic E-state index is 2.46. The minimum atomic E-state index is 0.583. The second-order valence-electron chi connectivity index (χ2n) is 11.4. The molecule has 5 aromatic carbocycles. The van der Waals surface area contributed by atoms with Crippen LogP contribution in [0.25, 0.3) is 49.9 Å². The molecule has 0 spiro atoms. The van der Waals surface area contributed by atoms with Crippen LogP contribution >= 0.6 is 0 Å². The number of fused-ring (bicyclic) bond motifs is 4. The van der Waals surface area contributed by atoms with Crippen LogP contribution in [0.3, 0.4) is 0 Å². The molecule has 0 saturated carbocycles. The maximum atomic E-state index is 2.46. The fourth-order valence-corrected chi connectivity index (χ4v) is 7.25. The molecule has 0 amide bonds. The summed E-state index contributed by atoms with van der Waals surface area (Å²) in [6.07, 6.45) is 18.1. The van der Waals surface area contributed by atoms with Crippen LogP contribution in [0.15, 0.2) is 127 Å². The zero-order valence-electron chi connectivity index (χ0n) is 22.7. The minimum Gasteiger partial charge on any atom is -0.0807 e. The molecule has 40 heavy (non-hydrogen) atoms. The zero-order chi connectivity index (χ0) is 26.5. The Kier molecular flexibility index (Phi) is 5.66. The monoisotopic (exact) mass is 512 g/mol. The van der Waals surface area contributed by atoms with Gasteiger partial charge in [0.15, 0.2) is 0 Å². The van der Waals surface area contributed by atoms with Crippen LogP contribution < -0.4 is 10.4 Å². The molecule has 1 unspecified atom stereocenters. The van der Waals surface area contributed by atoms with E-state index in [9.17, 15) is 0 Å². The molecular formula is C40H32. The third-order valence-corrected chi connectivity index (χ3v) is 9.14. The molecule has 1 atom stereocenters. The number of benzene rings is 5. The summed E-state index contributed by atoms with van der Waals surface area (Å²) < 4.78 is 0. The van der Waals surface area contributed by atoms with Crippen LogP contribution in [-0.4, -0.2) is 0 Å². The Hall–Kier alpha value is -4.42. The number of allylic oxidation sites excluding steroid dienone is 6. The van der Waals surface area contributed by atoms with Gasteiger partial charge in [-0.15, -0.1) is 0 Å². The summed E-state index contributed by atoms with van der Waals surface area (Å²) in [5, 5.41) is 8.05. The van der Waals surface area contributed by atoms with Crippen LogP contribution in [-0.2, 0) is 0 Å². The van der Waals surface area contributed by atoms with Crippen molar-refractivity contribution in [3.05, 3.63) is 149 Å². The predicted molar refractivity (Wildman–Crippen MR) is 171 cm³/mol. The van der Waals surface area contributed by atoms with Crippen molar-refractivity contribution in [1.82, 2.24) is 0 Å². The highest BCUT2D eigenvalue weighted by Gasteiger charge is 2.21. The lowest BCUT2D eigenvalue weighted by Crippen LogP contribution is -2.29. The molecule has 0 heterocycles. The average molecular weight is 513 g/mol. The lowest BCUT2D eigenvalue weighted by molar-refractivity contribution is 0.607. The van der Waals surface area contributed by atoms with E-state index in [0.29, 0.717) is 5.92 Å². The quantitative estimate of drug-likeness (QED) is 0.211. The number of hydrogen-bond acceptors (Lipinski definition) is 0. The van der Waals surface area contributed by atoms with Crippen LogP contribution in [0.5, 0.6) is 0 Å². The van der Waals surface area contributed by atoms with E-state index in [-0.39, 0.29) is 0 Å². The van der Waals surface area contributed by atoms with Gasteiger partial charge in [-0.3, -0.25) is 0 Å². The van der Waals surface area contributed by atoms with Gasteiger partial charge < -0.3 is 0 Å². The van der Waals surface area contributed by atoms with Gasteiger partial charge in [-0.05, 0) is 103 Å². The third-order valence-electron chi connectivity index (χ3n) is 9.14. The molecule has 0 heteroatoms. The number of rotatable bonds is 3. The van der Waals surface area contributed by atoms with E-state index in [1.54, 1.807) is 0 Å². The first-order valence-electron chi connectivity index (χ1n) is 14.8. The predicted octanol–water partition coefficient (Wildman–Crippen LogP) is 9.11. The smallest absolute Gasteiger partial charge is 0.00184 e. The molecule has 3 aliphatic rings. The maximum Gasteiger partial charge on any atom is 0.00184 e. The van der Waals surface area contributed by atoms with Gasteiger partial charge in [0.25, 0.3) is 0 Å². The minimum absolute atomic E-state index is 0.583. The standard InChI is InChI=1S/C40H32/c1-2-12-31-26-32(25-20-27(31)10-1)40-37-17-7-5-15-35(37)39(36-16-6-8-18-38(36)40)30-23-21-29(22-24-30)34-19-9-13-28-11-3-4-14-33(28)34/h3-8,11-18,20-27H,1-2,9-10,19H2. The first kappa shape index (κ1) is 23.5. The zero-order valence-corrected chi connectivity index (χ0v) is 22.7. The summed E-state index contributed by atoms with van der Waals surface area (Å²) in [5.74, 6) is 0.583. The van der Waals surface area contributed by atoms with Crippen molar-refractivity contribution in [2.75, 3.05) is 0 Å². The van der Waals surface area contributed by atoms with Gasteiger partial charge >= 0.3 is 0 Å². The second-order valence-corrected chi connectivity index (χ2v) is 11.4. The van der Waals surface area contributed by atoms with Gasteiger partial charge in [0.2, 0.25) is 0 Å². The van der Waals surface area contributed by atoms with Gasteiger partial charge in [-0.1, -0.05) is 127 Å². The Morgan fingerprint density at radius 2 is 1.23 bits per heavy atom. The molecule has 5 aromatic rings. The largest absolute Gasteiger partial charge is 0.0807 e. The van der Waals surface area contributed by atoms with Crippen molar-refractivity contribution in [3.63, 3.8) is 0 Å². The van der Waals surface area contributed by atoms with Gasteiger partial charge in [0, 0.05) is 5.92 Å². The van der Waals surface area contributed by atoms with Gasteiger partial charge in [-0.25, -0.2) is 0 Å². The Balaban J connectivity index is 1.33. The van der Waals surface area contributed by atoms with Gasteiger partial charge in [0.1, 0.15) is 0 Å². The molecule has 0 saturated heterocycles. The first-order valence-corrected chi connectivity index (χ1v) is 14.8. The molecular weight excluding hydrogens is 480 g/mol. The number of hydrogen-bond donors (Lipinski definition) is 0. The molecule has 0 bridgehead atoms. The molecule has 0 radical (unpaired) electrons.